The Morgan fingerprint density at radius 3 is 1.97 bits per heavy atom. The Morgan fingerprint density at radius 2 is 1.29 bits per heavy atom. The highest BCUT2D eigenvalue weighted by Gasteiger charge is 2.39. The second kappa shape index (κ2) is 16.7. The van der Waals surface area contributed by atoms with Gasteiger partial charge in [0.15, 0.2) is 0 Å². The molecule has 0 atom stereocenters. The average Bonchev–Trinajstić information content (AvgIpc) is 3.89. The number of para-hydroxylation sites is 2. The number of benzene rings is 6. The van der Waals surface area contributed by atoms with E-state index >= 15 is 0 Å². The largest absolute Gasteiger partial charge is 0.456 e. The molecule has 8 aromatic rings. The SMILES string of the molecule is C=C(/C=C(\C)c1cc(-c2ccccc2)cc(-c2ccccc2)c1)n1c2ccccc2c2cc3c(cc21)C(C)(C)C1=CCCC=C13.C=C(C)C=c1/c(=C\C=C/C)oc2ccccc12. The quantitative estimate of drug-likeness (QED) is 0.147. The molecule has 0 bridgehead atoms. The van der Waals surface area contributed by atoms with Gasteiger partial charge in [0, 0.05) is 32.5 Å². The van der Waals surface area contributed by atoms with E-state index in [0.29, 0.717) is 0 Å². The lowest BCUT2D eigenvalue weighted by molar-refractivity contribution is 0.575. The molecule has 0 fully saturated rings. The highest BCUT2D eigenvalue weighted by atomic mass is 16.3. The molecule has 62 heavy (non-hydrogen) atoms. The summed E-state index contributed by atoms with van der Waals surface area (Å²) in [4.78, 5) is 0. The number of hydrogen-bond acceptors (Lipinski definition) is 1. The second-order valence-corrected chi connectivity index (χ2v) is 17.1. The van der Waals surface area contributed by atoms with Gasteiger partial charge in [0.2, 0.25) is 0 Å². The minimum Gasteiger partial charge on any atom is -0.456 e. The molecule has 0 N–H and O–H groups in total. The maximum Gasteiger partial charge on any atom is 0.135 e. The Balaban J connectivity index is 0.000000242. The van der Waals surface area contributed by atoms with E-state index in [0.717, 1.165) is 45.7 Å². The number of hydrogen-bond donors (Lipinski definition) is 0. The van der Waals surface area contributed by atoms with Crippen molar-refractivity contribution >= 4 is 61.8 Å². The topological polar surface area (TPSA) is 18.1 Å². The molecule has 0 radical (unpaired) electrons. The molecule has 2 aliphatic rings. The number of nitrogens with zero attached hydrogens (tertiary/aromatic N) is 1. The van der Waals surface area contributed by atoms with Crippen LogP contribution in [0.4, 0.5) is 0 Å². The van der Waals surface area contributed by atoms with Crippen molar-refractivity contribution in [3.8, 4) is 22.3 Å². The predicted molar refractivity (Wildman–Crippen MR) is 268 cm³/mol. The number of allylic oxidation sites excluding steroid dienone is 10. The van der Waals surface area contributed by atoms with Crippen LogP contribution in [0.25, 0.3) is 84.0 Å². The van der Waals surface area contributed by atoms with Gasteiger partial charge in [0.1, 0.15) is 11.0 Å². The number of furan rings is 1. The van der Waals surface area contributed by atoms with Gasteiger partial charge in [-0.2, -0.15) is 0 Å². The summed E-state index contributed by atoms with van der Waals surface area (Å²) in [6, 6.07) is 50.0. The van der Waals surface area contributed by atoms with Gasteiger partial charge in [0.25, 0.3) is 0 Å². The molecule has 304 valence electrons. The van der Waals surface area contributed by atoms with Crippen molar-refractivity contribution in [2.75, 3.05) is 0 Å². The Labute approximate surface area is 365 Å². The van der Waals surface area contributed by atoms with Crippen LogP contribution in [-0.4, -0.2) is 4.57 Å². The molecule has 0 aliphatic heterocycles. The normalized spacial score (nSPS) is 15.1. The van der Waals surface area contributed by atoms with E-state index in [2.05, 4.69) is 178 Å². The van der Waals surface area contributed by atoms with Crippen LogP contribution in [-0.2, 0) is 5.41 Å². The average molecular weight is 804 g/mol. The molecular formula is C60H53NO. The molecule has 2 aliphatic carbocycles. The third-order valence-corrected chi connectivity index (χ3v) is 12.4. The standard InChI is InChI=1S/C44H37N.C16H16O/c1-29(33-24-34(31-15-7-5-8-16-31)26-35(25-33)32-17-9-6-10-18-32)23-30(2)45-42-22-14-12-20-37(42)39-27-38-36-19-11-13-21-40(36)44(3,4)41(38)28-43(39)45;1-4-5-9-16-14(11-12(2)3)13-8-6-7-10-15(13)17-16/h5-10,12,14-28H,2,11,13H2,1,3-4H3;4-11H,2H2,1,3H3/b29-23+;5-4-,14-11?,16-9+. The van der Waals surface area contributed by atoms with Crippen molar-refractivity contribution in [3.63, 3.8) is 0 Å². The Kier molecular flexibility index (Phi) is 10.9. The number of fused-ring (bicyclic) bond motifs is 7. The van der Waals surface area contributed by atoms with Crippen LogP contribution in [0.5, 0.6) is 0 Å². The summed E-state index contributed by atoms with van der Waals surface area (Å²) in [5.74, 6) is 0. The van der Waals surface area contributed by atoms with Gasteiger partial charge in [-0.3, -0.25) is 0 Å². The molecule has 0 unspecified atom stereocenters. The van der Waals surface area contributed by atoms with Crippen LogP contribution < -0.4 is 10.6 Å². The second-order valence-electron chi connectivity index (χ2n) is 17.1. The summed E-state index contributed by atoms with van der Waals surface area (Å²) in [7, 11) is 0. The Bertz CT molecular complexity index is 3240. The molecule has 10 rings (SSSR count). The first-order valence-electron chi connectivity index (χ1n) is 21.7. The zero-order chi connectivity index (χ0) is 43.0. The van der Waals surface area contributed by atoms with Crippen molar-refractivity contribution in [1.82, 2.24) is 4.57 Å². The fourth-order valence-electron chi connectivity index (χ4n) is 9.37. The molecule has 2 nitrogen and oxygen atoms in total. The zero-order valence-electron chi connectivity index (χ0n) is 36.5. The van der Waals surface area contributed by atoms with E-state index in [1.54, 1.807) is 0 Å². The van der Waals surface area contributed by atoms with Gasteiger partial charge in [-0.25, -0.2) is 0 Å². The molecular weight excluding hydrogens is 751 g/mol. The van der Waals surface area contributed by atoms with Crippen LogP contribution in [0.1, 0.15) is 64.2 Å². The minimum atomic E-state index is -0.0180. The third kappa shape index (κ3) is 7.47. The van der Waals surface area contributed by atoms with E-state index in [9.17, 15) is 0 Å². The van der Waals surface area contributed by atoms with Crippen LogP contribution >= 0.6 is 0 Å². The maximum atomic E-state index is 5.82. The smallest absolute Gasteiger partial charge is 0.135 e. The van der Waals surface area contributed by atoms with Crippen LogP contribution in [0.3, 0.4) is 0 Å². The predicted octanol–water partition coefficient (Wildman–Crippen LogP) is 15.2. The lowest BCUT2D eigenvalue weighted by Gasteiger charge is -2.23. The minimum absolute atomic E-state index is 0.0180. The van der Waals surface area contributed by atoms with Crippen LogP contribution in [0, 0.1) is 0 Å². The Morgan fingerprint density at radius 1 is 0.661 bits per heavy atom. The summed E-state index contributed by atoms with van der Waals surface area (Å²) in [6.45, 7) is 19.6. The van der Waals surface area contributed by atoms with Gasteiger partial charge in [-0.05, 0) is 150 Å². The molecule has 2 heterocycles. The lowest BCUT2D eigenvalue weighted by Crippen LogP contribution is -2.19. The molecule has 0 saturated heterocycles. The Hall–Kier alpha value is -7.16. The summed E-state index contributed by atoms with van der Waals surface area (Å²) >= 11 is 0. The van der Waals surface area contributed by atoms with Crippen molar-refractivity contribution < 1.29 is 4.42 Å². The van der Waals surface area contributed by atoms with Gasteiger partial charge >= 0.3 is 0 Å². The summed E-state index contributed by atoms with van der Waals surface area (Å²) in [6.07, 6.45) is 17.4. The summed E-state index contributed by atoms with van der Waals surface area (Å²) in [5, 5.41) is 4.79. The zero-order valence-corrected chi connectivity index (χ0v) is 36.5. The first-order valence-corrected chi connectivity index (χ1v) is 21.7. The fraction of sp³-hybridized carbons (Fsp3) is 0.133. The maximum absolute atomic E-state index is 5.82. The van der Waals surface area contributed by atoms with Crippen molar-refractivity contribution in [1.29, 1.82) is 0 Å². The third-order valence-electron chi connectivity index (χ3n) is 12.4. The van der Waals surface area contributed by atoms with E-state index < -0.39 is 0 Å². The van der Waals surface area contributed by atoms with Gasteiger partial charge in [0.05, 0.1) is 11.0 Å². The highest BCUT2D eigenvalue weighted by Crippen LogP contribution is 2.53. The van der Waals surface area contributed by atoms with E-state index in [-0.39, 0.29) is 5.41 Å². The molecule has 0 spiro atoms. The van der Waals surface area contributed by atoms with Crippen LogP contribution in [0.2, 0.25) is 0 Å². The van der Waals surface area contributed by atoms with Crippen molar-refractivity contribution in [2.45, 2.75) is 52.9 Å². The summed E-state index contributed by atoms with van der Waals surface area (Å²) in [5.41, 5.74) is 19.1. The molecule has 0 saturated carbocycles. The van der Waals surface area contributed by atoms with Crippen molar-refractivity contribution in [2.24, 2.45) is 0 Å². The monoisotopic (exact) mass is 803 g/mol. The summed E-state index contributed by atoms with van der Waals surface area (Å²) < 4.78 is 8.19. The van der Waals surface area contributed by atoms with Crippen molar-refractivity contribution in [3.05, 3.63) is 222 Å². The van der Waals surface area contributed by atoms with Gasteiger partial charge < -0.3 is 8.98 Å². The van der Waals surface area contributed by atoms with E-state index in [1.165, 1.54) is 77.5 Å². The fourth-order valence-corrected chi connectivity index (χ4v) is 9.37. The first kappa shape index (κ1) is 40.3. The van der Waals surface area contributed by atoms with Gasteiger partial charge in [-0.15, -0.1) is 0 Å². The molecule has 2 heteroatoms. The van der Waals surface area contributed by atoms with E-state index in [4.69, 9.17) is 11.0 Å². The number of rotatable bonds is 7. The number of aromatic nitrogens is 1. The first-order chi connectivity index (χ1) is 30.1. The lowest BCUT2D eigenvalue weighted by atomic mass is 9.80. The molecule has 2 aromatic heterocycles. The highest BCUT2D eigenvalue weighted by molar-refractivity contribution is 6.13. The molecule has 6 aromatic carbocycles. The molecule has 0 amide bonds. The van der Waals surface area contributed by atoms with E-state index in [1.807, 2.05) is 50.3 Å². The van der Waals surface area contributed by atoms with Gasteiger partial charge in [-0.1, -0.05) is 154 Å². The van der Waals surface area contributed by atoms with Crippen LogP contribution in [0.15, 0.2) is 199 Å².